The summed E-state index contributed by atoms with van der Waals surface area (Å²) in [7, 11) is 3.33. The van der Waals surface area contributed by atoms with Crippen molar-refractivity contribution in [2.24, 2.45) is 10.2 Å². The molecule has 0 heterocycles. The Morgan fingerprint density at radius 1 is 1.00 bits per heavy atom. The van der Waals surface area contributed by atoms with E-state index >= 15 is 0 Å². The zero-order valence-electron chi connectivity index (χ0n) is 14.1. The molecule has 130 valence electrons. The minimum atomic E-state index is -1.24. The van der Waals surface area contributed by atoms with Gasteiger partial charge in [0.05, 0.1) is 37.9 Å². The number of azo groups is 1. The van der Waals surface area contributed by atoms with Crippen molar-refractivity contribution in [3.8, 4) is 0 Å². The number of carbonyl (C=O) groups is 2. The van der Waals surface area contributed by atoms with Crippen LogP contribution in [0.1, 0.15) is 6.42 Å². The van der Waals surface area contributed by atoms with Crippen molar-refractivity contribution in [2.45, 2.75) is 12.5 Å². The quantitative estimate of drug-likeness (QED) is 0.726. The summed E-state index contributed by atoms with van der Waals surface area (Å²) in [5.41, 5.74) is 1.96. The molecule has 0 radical (unpaired) electrons. The summed E-state index contributed by atoms with van der Waals surface area (Å²) in [6, 6.07) is 15.3. The fourth-order valence-corrected chi connectivity index (χ4v) is 2.14. The molecular weight excluding hydrogens is 320 g/mol. The molecule has 2 aromatic carbocycles. The first-order valence-corrected chi connectivity index (χ1v) is 7.83. The Labute approximate surface area is 146 Å². The smallest absolute Gasteiger partial charge is 0.230 e. The van der Waals surface area contributed by atoms with Crippen molar-refractivity contribution in [2.75, 3.05) is 19.4 Å². The standard InChI is InChI=1S/C18H20N4O3/c1-22(2)16(18(24)25)12-17(23)19-13-8-10-15(11-9-13)21-20-14-6-4-3-5-7-14/h3-11,16H,12H2,1-2H3,(H,19,23)(H,24,25)/t16-/m0/s1. The predicted molar refractivity (Wildman–Crippen MR) is 91.9 cm³/mol. The number of hydrogen-bond acceptors (Lipinski definition) is 5. The van der Waals surface area contributed by atoms with Gasteiger partial charge in [-0.3, -0.25) is 4.79 Å². The molecule has 1 atom stereocenters. The number of quaternary nitrogens is 1. The fraction of sp³-hybridized carbons (Fsp3) is 0.222. The molecule has 7 heteroatoms. The van der Waals surface area contributed by atoms with Gasteiger partial charge in [0, 0.05) is 5.69 Å². The summed E-state index contributed by atoms with van der Waals surface area (Å²) in [6.07, 6.45) is -0.153. The molecule has 2 N–H and O–H groups in total. The number of carboxylic acids is 1. The van der Waals surface area contributed by atoms with Crippen LogP contribution in [0.25, 0.3) is 0 Å². The molecule has 0 aromatic heterocycles. The first kappa shape index (κ1) is 18.3. The van der Waals surface area contributed by atoms with Gasteiger partial charge >= 0.3 is 0 Å². The van der Waals surface area contributed by atoms with Crippen molar-refractivity contribution >= 4 is 28.9 Å². The number of aliphatic carboxylic acids is 1. The lowest BCUT2D eigenvalue weighted by Crippen LogP contribution is -3.12. The van der Waals surface area contributed by atoms with Crippen LogP contribution >= 0.6 is 0 Å². The first-order chi connectivity index (χ1) is 12.0. The van der Waals surface area contributed by atoms with E-state index in [4.69, 9.17) is 0 Å². The van der Waals surface area contributed by atoms with E-state index in [1.165, 1.54) is 0 Å². The van der Waals surface area contributed by atoms with E-state index in [1.54, 1.807) is 38.4 Å². The van der Waals surface area contributed by atoms with Crippen LogP contribution in [-0.2, 0) is 9.59 Å². The van der Waals surface area contributed by atoms with Gasteiger partial charge in [0.25, 0.3) is 0 Å². The van der Waals surface area contributed by atoms with Gasteiger partial charge in [-0.15, -0.1) is 0 Å². The van der Waals surface area contributed by atoms with Crippen LogP contribution in [0.5, 0.6) is 0 Å². The second kappa shape index (κ2) is 8.70. The Kier molecular flexibility index (Phi) is 6.36. The number of carboxylic acid groups (broad SMARTS) is 1. The van der Waals surface area contributed by atoms with Crippen LogP contribution in [0.15, 0.2) is 64.8 Å². The minimum absolute atomic E-state index is 0.153. The van der Waals surface area contributed by atoms with E-state index in [-0.39, 0.29) is 12.3 Å². The molecule has 0 spiro atoms. The Hall–Kier alpha value is -3.06. The molecule has 2 rings (SSSR count). The Bertz CT molecular complexity index is 743. The normalized spacial score (nSPS) is 12.3. The van der Waals surface area contributed by atoms with E-state index in [1.807, 2.05) is 30.3 Å². The van der Waals surface area contributed by atoms with Crippen LogP contribution in [0.3, 0.4) is 0 Å². The molecule has 0 bridgehead atoms. The second-order valence-corrected chi connectivity index (χ2v) is 5.78. The van der Waals surface area contributed by atoms with Crippen molar-refractivity contribution in [1.82, 2.24) is 0 Å². The molecule has 0 aliphatic heterocycles. The van der Waals surface area contributed by atoms with Gasteiger partial charge in [0.1, 0.15) is 6.04 Å². The lowest BCUT2D eigenvalue weighted by Gasteiger charge is -2.21. The molecule has 0 saturated heterocycles. The number of amides is 1. The number of carbonyl (C=O) groups excluding carboxylic acids is 2. The average Bonchev–Trinajstić information content (AvgIpc) is 2.59. The molecule has 2 aromatic rings. The van der Waals surface area contributed by atoms with E-state index in [0.29, 0.717) is 16.3 Å². The third-order valence-electron chi connectivity index (χ3n) is 3.56. The van der Waals surface area contributed by atoms with Gasteiger partial charge in [-0.25, -0.2) is 0 Å². The van der Waals surface area contributed by atoms with Crippen molar-refractivity contribution in [3.63, 3.8) is 0 Å². The van der Waals surface area contributed by atoms with Crippen molar-refractivity contribution in [1.29, 1.82) is 0 Å². The number of nitrogens with zero attached hydrogens (tertiary/aromatic N) is 2. The lowest BCUT2D eigenvalue weighted by molar-refractivity contribution is -0.878. The molecular formula is C18H20N4O3. The highest BCUT2D eigenvalue weighted by atomic mass is 16.4. The summed E-state index contributed by atoms with van der Waals surface area (Å²) < 4.78 is 0. The zero-order valence-corrected chi connectivity index (χ0v) is 14.1. The Morgan fingerprint density at radius 2 is 1.56 bits per heavy atom. The highest BCUT2D eigenvalue weighted by Gasteiger charge is 2.20. The predicted octanol–water partition coefficient (Wildman–Crippen LogP) is 0.694. The van der Waals surface area contributed by atoms with E-state index in [9.17, 15) is 14.7 Å². The third-order valence-corrected chi connectivity index (χ3v) is 3.56. The largest absolute Gasteiger partial charge is 0.544 e. The Morgan fingerprint density at radius 3 is 2.08 bits per heavy atom. The molecule has 25 heavy (non-hydrogen) atoms. The number of hydrogen-bond donors (Lipinski definition) is 2. The zero-order chi connectivity index (χ0) is 18.2. The number of benzene rings is 2. The molecule has 0 fully saturated rings. The van der Waals surface area contributed by atoms with Crippen LogP contribution in [-0.4, -0.2) is 32.0 Å². The molecule has 0 unspecified atom stereocenters. The maximum Gasteiger partial charge on any atom is 0.230 e. The van der Waals surface area contributed by atoms with E-state index in [0.717, 1.165) is 5.69 Å². The minimum Gasteiger partial charge on any atom is -0.544 e. The topological polar surface area (TPSA) is 98.4 Å². The van der Waals surface area contributed by atoms with Crippen LogP contribution in [0, 0.1) is 0 Å². The lowest BCUT2D eigenvalue weighted by atomic mass is 10.2. The maximum atomic E-state index is 12.0. The molecule has 1 amide bonds. The summed E-state index contributed by atoms with van der Waals surface area (Å²) in [6.45, 7) is 0. The highest BCUT2D eigenvalue weighted by Crippen LogP contribution is 2.20. The van der Waals surface area contributed by atoms with Crippen LogP contribution < -0.4 is 15.3 Å². The summed E-state index contributed by atoms with van der Waals surface area (Å²) in [5, 5.41) is 21.9. The fourth-order valence-electron chi connectivity index (χ4n) is 2.14. The number of anilines is 1. The van der Waals surface area contributed by atoms with Gasteiger partial charge in [-0.2, -0.15) is 10.2 Å². The van der Waals surface area contributed by atoms with Gasteiger partial charge in [-0.05, 0) is 36.4 Å². The van der Waals surface area contributed by atoms with Gasteiger partial charge in [0.15, 0.2) is 0 Å². The molecule has 7 nitrogen and oxygen atoms in total. The summed E-state index contributed by atoms with van der Waals surface area (Å²) >= 11 is 0. The van der Waals surface area contributed by atoms with Gasteiger partial charge < -0.3 is 20.1 Å². The SMILES string of the molecule is C[NH+](C)[C@@H](CC(=O)Nc1ccc(N=Nc2ccccc2)cc1)C(=O)[O-]. The third kappa shape index (κ3) is 5.82. The number of rotatable bonds is 7. The molecule has 0 aliphatic carbocycles. The van der Waals surface area contributed by atoms with Crippen molar-refractivity contribution in [3.05, 3.63) is 54.6 Å². The number of likely N-dealkylation sites (N-methyl/N-ethyl adjacent to an activating group) is 1. The average molecular weight is 340 g/mol. The van der Waals surface area contributed by atoms with E-state index in [2.05, 4.69) is 15.5 Å². The van der Waals surface area contributed by atoms with Gasteiger partial charge in [-0.1, -0.05) is 18.2 Å². The molecule has 0 aliphatic rings. The second-order valence-electron chi connectivity index (χ2n) is 5.78. The van der Waals surface area contributed by atoms with Crippen LogP contribution in [0.2, 0.25) is 0 Å². The number of nitrogens with one attached hydrogen (secondary N) is 2. The van der Waals surface area contributed by atoms with Crippen LogP contribution in [0.4, 0.5) is 17.1 Å². The van der Waals surface area contributed by atoms with E-state index < -0.39 is 12.0 Å². The Balaban J connectivity index is 1.94. The molecule has 0 saturated carbocycles. The summed E-state index contributed by atoms with van der Waals surface area (Å²) in [4.78, 5) is 23.6. The maximum absolute atomic E-state index is 12.0. The highest BCUT2D eigenvalue weighted by molar-refractivity contribution is 5.93. The monoisotopic (exact) mass is 340 g/mol. The first-order valence-electron chi connectivity index (χ1n) is 7.83. The van der Waals surface area contributed by atoms with Gasteiger partial charge in [0.2, 0.25) is 5.91 Å². The van der Waals surface area contributed by atoms with Crippen molar-refractivity contribution < 1.29 is 19.6 Å². The summed E-state index contributed by atoms with van der Waals surface area (Å²) in [5.74, 6) is -1.62.